The molecule has 1 aromatic heterocycles. The van der Waals surface area contributed by atoms with Crippen LogP contribution < -0.4 is 10.6 Å². The molecule has 0 unspecified atom stereocenters. The number of carbonyl (C=O) groups is 2. The van der Waals surface area contributed by atoms with Crippen LogP contribution in [-0.4, -0.2) is 37.3 Å². The first-order valence-corrected chi connectivity index (χ1v) is 10.3. The summed E-state index contributed by atoms with van der Waals surface area (Å²) in [5, 5.41) is 25.2. The lowest BCUT2D eigenvalue weighted by atomic mass is 10.2. The number of rotatable bonds is 8. The van der Waals surface area contributed by atoms with Crippen LogP contribution in [0.4, 0.5) is 17.1 Å². The van der Waals surface area contributed by atoms with Gasteiger partial charge < -0.3 is 15.2 Å². The summed E-state index contributed by atoms with van der Waals surface area (Å²) in [6, 6.07) is 12.9. The van der Waals surface area contributed by atoms with Gasteiger partial charge in [0.05, 0.1) is 10.7 Å². The molecule has 2 N–H and O–H groups in total. The minimum absolute atomic E-state index is 0.0407. The normalized spacial score (nSPS) is 10.5. The Hall–Kier alpha value is -3.73. The zero-order valence-electron chi connectivity index (χ0n) is 16.9. The van der Waals surface area contributed by atoms with E-state index in [2.05, 4.69) is 20.8 Å². The number of non-ortho nitro benzene ring substituents is 1. The molecule has 0 saturated carbocycles. The Labute approximate surface area is 182 Å². The smallest absolute Gasteiger partial charge is 0.269 e. The van der Waals surface area contributed by atoms with Crippen LogP contribution in [-0.2, 0) is 16.1 Å². The predicted octanol–water partition coefficient (Wildman–Crippen LogP) is 3.56. The summed E-state index contributed by atoms with van der Waals surface area (Å²) in [6.45, 7) is 4.02. The quantitative estimate of drug-likeness (QED) is 0.311. The van der Waals surface area contributed by atoms with Gasteiger partial charge >= 0.3 is 0 Å². The minimum atomic E-state index is -0.496. The van der Waals surface area contributed by atoms with Crippen molar-refractivity contribution in [3.63, 3.8) is 0 Å². The van der Waals surface area contributed by atoms with E-state index in [9.17, 15) is 19.7 Å². The van der Waals surface area contributed by atoms with E-state index in [4.69, 9.17) is 0 Å². The summed E-state index contributed by atoms with van der Waals surface area (Å²) >= 11 is 1.25. The molecule has 0 atom stereocenters. The highest BCUT2D eigenvalue weighted by Gasteiger charge is 2.15. The van der Waals surface area contributed by atoms with Gasteiger partial charge in [-0.05, 0) is 43.3 Å². The molecule has 0 aliphatic heterocycles. The molecule has 0 saturated heterocycles. The number of amides is 2. The van der Waals surface area contributed by atoms with E-state index in [1.54, 1.807) is 12.1 Å². The number of hydrogen-bond acceptors (Lipinski definition) is 7. The minimum Gasteiger partial charge on any atom is -0.326 e. The van der Waals surface area contributed by atoms with Crippen LogP contribution >= 0.6 is 11.8 Å². The van der Waals surface area contributed by atoms with Crippen LogP contribution in [0.3, 0.4) is 0 Å². The zero-order valence-corrected chi connectivity index (χ0v) is 17.7. The van der Waals surface area contributed by atoms with Crippen LogP contribution in [0.2, 0.25) is 0 Å². The molecule has 160 valence electrons. The van der Waals surface area contributed by atoms with Gasteiger partial charge in [0.25, 0.3) is 5.69 Å². The Morgan fingerprint density at radius 3 is 2.23 bits per heavy atom. The molecule has 3 rings (SSSR count). The van der Waals surface area contributed by atoms with Gasteiger partial charge in [0, 0.05) is 42.5 Å². The highest BCUT2D eigenvalue weighted by molar-refractivity contribution is 7.99. The summed E-state index contributed by atoms with van der Waals surface area (Å²) in [7, 11) is 0. The Morgan fingerprint density at radius 1 is 1.03 bits per heavy atom. The topological polar surface area (TPSA) is 132 Å². The van der Waals surface area contributed by atoms with Gasteiger partial charge in [-0.25, -0.2) is 0 Å². The number of carbonyl (C=O) groups excluding carboxylic acids is 2. The highest BCUT2D eigenvalue weighted by atomic mass is 32.2. The van der Waals surface area contributed by atoms with Crippen molar-refractivity contribution < 1.29 is 14.5 Å². The molecule has 0 fully saturated rings. The molecule has 10 nitrogen and oxygen atoms in total. The van der Waals surface area contributed by atoms with Gasteiger partial charge in [0.2, 0.25) is 11.8 Å². The number of anilines is 2. The Balaban J connectivity index is 1.64. The molecule has 31 heavy (non-hydrogen) atoms. The first kappa shape index (κ1) is 22.0. The third-order valence-electron chi connectivity index (χ3n) is 4.19. The summed E-state index contributed by atoms with van der Waals surface area (Å²) < 4.78 is 1.90. The van der Waals surface area contributed by atoms with E-state index in [1.165, 1.54) is 43.0 Å². The zero-order chi connectivity index (χ0) is 22.4. The van der Waals surface area contributed by atoms with Crippen molar-refractivity contribution in [2.24, 2.45) is 0 Å². The first-order valence-electron chi connectivity index (χ1n) is 9.35. The fourth-order valence-corrected chi connectivity index (χ4v) is 3.60. The number of thioether (sulfide) groups is 1. The van der Waals surface area contributed by atoms with Crippen LogP contribution in [0, 0.1) is 10.1 Å². The summed E-state index contributed by atoms with van der Waals surface area (Å²) in [5.41, 5.74) is 1.97. The molecular formula is C20H20N6O4S. The van der Waals surface area contributed by atoms with Gasteiger partial charge in [-0.3, -0.25) is 19.7 Å². The maximum atomic E-state index is 12.2. The lowest BCUT2D eigenvalue weighted by Crippen LogP contribution is -2.14. The SMILES string of the molecule is CCn1c(SCC(=O)Nc2ccc([N+](=O)[O-])cc2)nnc1-c1ccc(NC(C)=O)cc1. The molecule has 0 aliphatic carbocycles. The molecule has 11 heteroatoms. The molecule has 0 bridgehead atoms. The van der Waals surface area contributed by atoms with Gasteiger partial charge in [-0.2, -0.15) is 0 Å². The van der Waals surface area contributed by atoms with Gasteiger partial charge in [0.1, 0.15) is 0 Å². The monoisotopic (exact) mass is 440 g/mol. The maximum Gasteiger partial charge on any atom is 0.269 e. The summed E-state index contributed by atoms with van der Waals surface area (Å²) in [6.07, 6.45) is 0. The lowest BCUT2D eigenvalue weighted by molar-refractivity contribution is -0.384. The van der Waals surface area contributed by atoms with Crippen molar-refractivity contribution in [2.75, 3.05) is 16.4 Å². The molecule has 0 radical (unpaired) electrons. The Kier molecular flexibility index (Phi) is 6.98. The Bertz CT molecular complexity index is 1100. The van der Waals surface area contributed by atoms with Gasteiger partial charge in [0.15, 0.2) is 11.0 Å². The van der Waals surface area contributed by atoms with Crippen molar-refractivity contribution in [1.29, 1.82) is 0 Å². The van der Waals surface area contributed by atoms with Crippen LogP contribution in [0.25, 0.3) is 11.4 Å². The molecule has 2 amide bonds. The third kappa shape index (κ3) is 5.66. The second kappa shape index (κ2) is 9.85. The summed E-state index contributed by atoms with van der Waals surface area (Å²) in [5.74, 6) is 0.368. The second-order valence-electron chi connectivity index (χ2n) is 6.45. The number of nitrogens with zero attached hydrogens (tertiary/aromatic N) is 4. The van der Waals surface area contributed by atoms with Gasteiger partial charge in [-0.15, -0.1) is 10.2 Å². The molecule has 0 aliphatic rings. The largest absolute Gasteiger partial charge is 0.326 e. The van der Waals surface area contributed by atoms with Crippen molar-refractivity contribution in [2.45, 2.75) is 25.5 Å². The van der Waals surface area contributed by atoms with E-state index in [1.807, 2.05) is 23.6 Å². The number of nitro groups is 1. The average Bonchev–Trinajstić information content (AvgIpc) is 3.15. The summed E-state index contributed by atoms with van der Waals surface area (Å²) in [4.78, 5) is 33.6. The van der Waals surface area contributed by atoms with Crippen molar-refractivity contribution in [3.8, 4) is 11.4 Å². The number of nitro benzene ring substituents is 1. The van der Waals surface area contributed by atoms with E-state index in [0.29, 0.717) is 28.9 Å². The Morgan fingerprint density at radius 2 is 1.65 bits per heavy atom. The van der Waals surface area contributed by atoms with E-state index < -0.39 is 4.92 Å². The average molecular weight is 440 g/mol. The van der Waals surface area contributed by atoms with Gasteiger partial charge in [-0.1, -0.05) is 11.8 Å². The molecule has 1 heterocycles. The number of nitrogens with one attached hydrogen (secondary N) is 2. The van der Waals surface area contributed by atoms with E-state index in [0.717, 1.165) is 5.56 Å². The number of benzene rings is 2. The first-order chi connectivity index (χ1) is 14.9. The fourth-order valence-electron chi connectivity index (χ4n) is 2.79. The van der Waals surface area contributed by atoms with E-state index >= 15 is 0 Å². The molecule has 0 spiro atoms. The maximum absolute atomic E-state index is 12.2. The molecule has 2 aromatic carbocycles. The van der Waals surface area contributed by atoms with E-state index in [-0.39, 0.29) is 23.3 Å². The van der Waals surface area contributed by atoms with Crippen LogP contribution in [0.15, 0.2) is 53.7 Å². The van der Waals surface area contributed by atoms with Crippen molar-refractivity contribution >= 4 is 40.6 Å². The number of hydrogen-bond donors (Lipinski definition) is 2. The molecular weight excluding hydrogens is 420 g/mol. The van der Waals surface area contributed by atoms with Crippen LogP contribution in [0.1, 0.15) is 13.8 Å². The standard InChI is InChI=1S/C20H20N6O4S/c1-3-25-19(14-4-6-15(7-5-14)21-13(2)27)23-24-20(25)31-12-18(28)22-16-8-10-17(11-9-16)26(29)30/h4-11H,3,12H2,1-2H3,(H,21,27)(H,22,28). The third-order valence-corrected chi connectivity index (χ3v) is 5.16. The van der Waals surface area contributed by atoms with Crippen molar-refractivity contribution in [3.05, 3.63) is 58.6 Å². The fraction of sp³-hybridized carbons (Fsp3) is 0.200. The highest BCUT2D eigenvalue weighted by Crippen LogP contribution is 2.25. The van der Waals surface area contributed by atoms with Crippen molar-refractivity contribution in [1.82, 2.24) is 14.8 Å². The number of aromatic nitrogens is 3. The lowest BCUT2D eigenvalue weighted by Gasteiger charge is -2.08. The predicted molar refractivity (Wildman–Crippen MR) is 118 cm³/mol. The second-order valence-corrected chi connectivity index (χ2v) is 7.39. The molecule has 3 aromatic rings. The van der Waals surface area contributed by atoms with Crippen LogP contribution in [0.5, 0.6) is 0 Å².